The van der Waals surface area contributed by atoms with Crippen LogP contribution in [0.4, 0.5) is 18.9 Å². The average Bonchev–Trinajstić information content (AvgIpc) is 3.11. The lowest BCUT2D eigenvalue weighted by molar-refractivity contribution is -0.137. The van der Waals surface area contributed by atoms with E-state index in [0.29, 0.717) is 5.76 Å². The van der Waals surface area contributed by atoms with E-state index in [1.165, 1.54) is 12.3 Å². The number of aromatic hydroxyl groups is 1. The summed E-state index contributed by atoms with van der Waals surface area (Å²) >= 11 is 0. The van der Waals surface area contributed by atoms with Crippen molar-refractivity contribution in [3.63, 3.8) is 0 Å². The third-order valence-corrected chi connectivity index (χ3v) is 3.62. The minimum Gasteiger partial charge on any atom is -0.494 e. The maximum absolute atomic E-state index is 12.7. The van der Waals surface area contributed by atoms with Gasteiger partial charge in [-0.25, -0.2) is 4.79 Å². The lowest BCUT2D eigenvalue weighted by Gasteiger charge is -2.08. The van der Waals surface area contributed by atoms with E-state index in [0.717, 1.165) is 29.0 Å². The summed E-state index contributed by atoms with van der Waals surface area (Å²) in [5, 5.41) is 10.2. The van der Waals surface area contributed by atoms with Crippen LogP contribution in [0.25, 0.3) is 0 Å². The number of H-pyrrole nitrogens is 1. The van der Waals surface area contributed by atoms with Crippen molar-refractivity contribution < 1.29 is 22.7 Å². The van der Waals surface area contributed by atoms with Crippen molar-refractivity contribution in [2.24, 2.45) is 4.99 Å². The molecule has 7 nitrogen and oxygen atoms in total. The van der Waals surface area contributed by atoms with Gasteiger partial charge in [0.15, 0.2) is 0 Å². The minimum absolute atomic E-state index is 0.0765. The quantitative estimate of drug-likeness (QED) is 0.681. The average molecular weight is 379 g/mol. The van der Waals surface area contributed by atoms with E-state index < -0.39 is 28.9 Å². The number of hydrogen-bond donors (Lipinski definition) is 2. The van der Waals surface area contributed by atoms with Crippen molar-refractivity contribution >= 4 is 11.9 Å². The molecule has 0 radical (unpaired) electrons. The monoisotopic (exact) mass is 379 g/mol. The summed E-state index contributed by atoms with van der Waals surface area (Å²) in [4.78, 5) is 29.7. The third kappa shape index (κ3) is 4.00. The van der Waals surface area contributed by atoms with Crippen molar-refractivity contribution in [3.8, 4) is 5.88 Å². The summed E-state index contributed by atoms with van der Waals surface area (Å²) in [7, 11) is 0. The fourth-order valence-electron chi connectivity index (χ4n) is 2.30. The van der Waals surface area contributed by atoms with E-state index in [9.17, 15) is 27.9 Å². The van der Waals surface area contributed by atoms with E-state index >= 15 is 0 Å². The number of aromatic nitrogens is 2. The van der Waals surface area contributed by atoms with Gasteiger partial charge in [-0.15, -0.1) is 0 Å². The van der Waals surface area contributed by atoms with E-state index in [4.69, 9.17) is 4.42 Å². The van der Waals surface area contributed by atoms with Gasteiger partial charge in [-0.3, -0.25) is 19.3 Å². The molecule has 0 fully saturated rings. The molecule has 2 aromatic heterocycles. The summed E-state index contributed by atoms with van der Waals surface area (Å²) in [5.74, 6) is -0.337. The summed E-state index contributed by atoms with van der Waals surface area (Å²) in [5.41, 5.74) is -3.15. The molecule has 0 atom stereocenters. The van der Waals surface area contributed by atoms with Gasteiger partial charge < -0.3 is 9.52 Å². The molecule has 140 valence electrons. The third-order valence-electron chi connectivity index (χ3n) is 3.62. The Morgan fingerprint density at radius 1 is 1.22 bits per heavy atom. The fraction of sp³-hybridized carbons (Fsp3) is 0.118. The highest BCUT2D eigenvalue weighted by Gasteiger charge is 2.30. The number of furan rings is 1. The highest BCUT2D eigenvalue weighted by atomic mass is 19.4. The molecular formula is C17H12F3N3O4. The molecule has 3 aromatic rings. The molecule has 0 saturated carbocycles. The van der Waals surface area contributed by atoms with Crippen LogP contribution in [0.1, 0.15) is 16.9 Å². The number of aromatic amines is 1. The first kappa shape index (κ1) is 18.2. The van der Waals surface area contributed by atoms with Gasteiger partial charge in [0.05, 0.1) is 24.1 Å². The lowest BCUT2D eigenvalue weighted by Crippen LogP contribution is -2.32. The summed E-state index contributed by atoms with van der Waals surface area (Å²) < 4.78 is 44.2. The Bertz CT molecular complexity index is 1100. The Morgan fingerprint density at radius 2 is 2.00 bits per heavy atom. The zero-order chi connectivity index (χ0) is 19.6. The van der Waals surface area contributed by atoms with Gasteiger partial charge in [0.2, 0.25) is 5.88 Å². The van der Waals surface area contributed by atoms with Crippen LogP contribution in [0.2, 0.25) is 0 Å². The number of halogens is 3. The molecule has 0 aliphatic rings. The van der Waals surface area contributed by atoms with Crippen LogP contribution in [0.5, 0.6) is 5.88 Å². The van der Waals surface area contributed by atoms with E-state index in [2.05, 4.69) is 4.99 Å². The zero-order valence-electron chi connectivity index (χ0n) is 13.5. The number of hydrogen-bond acceptors (Lipinski definition) is 5. The fourth-order valence-corrected chi connectivity index (χ4v) is 2.30. The second kappa shape index (κ2) is 6.98. The van der Waals surface area contributed by atoms with Crippen molar-refractivity contribution in [3.05, 3.63) is 80.4 Å². The molecule has 0 bridgehead atoms. The summed E-state index contributed by atoms with van der Waals surface area (Å²) in [6.45, 7) is -0.154. The van der Waals surface area contributed by atoms with Crippen molar-refractivity contribution in [2.75, 3.05) is 0 Å². The van der Waals surface area contributed by atoms with Gasteiger partial charge in [-0.05, 0) is 30.3 Å². The maximum atomic E-state index is 12.7. The van der Waals surface area contributed by atoms with E-state index in [1.807, 2.05) is 4.98 Å². The predicted octanol–water partition coefficient (Wildman–Crippen LogP) is 2.65. The first-order chi connectivity index (χ1) is 12.8. The smallest absolute Gasteiger partial charge is 0.416 e. The Balaban J connectivity index is 1.99. The molecule has 0 amide bonds. The van der Waals surface area contributed by atoms with Crippen LogP contribution in [0, 0.1) is 0 Å². The highest BCUT2D eigenvalue weighted by Crippen LogP contribution is 2.31. The van der Waals surface area contributed by atoms with Crippen LogP contribution < -0.4 is 11.2 Å². The molecule has 1 aromatic carbocycles. The largest absolute Gasteiger partial charge is 0.494 e. The van der Waals surface area contributed by atoms with Gasteiger partial charge in [-0.1, -0.05) is 6.07 Å². The van der Waals surface area contributed by atoms with Crippen molar-refractivity contribution in [2.45, 2.75) is 12.7 Å². The molecule has 0 aliphatic carbocycles. The first-order valence-electron chi connectivity index (χ1n) is 7.55. The Labute approximate surface area is 149 Å². The minimum atomic E-state index is -4.54. The number of nitrogens with zero attached hydrogens (tertiary/aromatic N) is 2. The number of nitrogens with one attached hydrogen (secondary N) is 1. The van der Waals surface area contributed by atoms with E-state index in [-0.39, 0.29) is 17.8 Å². The Morgan fingerprint density at radius 3 is 2.67 bits per heavy atom. The van der Waals surface area contributed by atoms with Crippen LogP contribution in [0.3, 0.4) is 0 Å². The molecule has 0 saturated heterocycles. The number of benzene rings is 1. The van der Waals surface area contributed by atoms with Crippen molar-refractivity contribution in [1.29, 1.82) is 0 Å². The van der Waals surface area contributed by atoms with Gasteiger partial charge >= 0.3 is 11.9 Å². The molecule has 2 N–H and O–H groups in total. The van der Waals surface area contributed by atoms with Crippen LogP contribution in [0.15, 0.2) is 61.7 Å². The topological polar surface area (TPSA) is 101 Å². The Hall–Kier alpha value is -3.56. The SMILES string of the molecule is O=c1[nH]c(=O)n(Cc2ccco2)c(O)c1C=Nc1cccc(C(F)(F)F)c1. The standard InChI is InChI=1S/C17H12F3N3O4/c18-17(19,20)10-3-1-4-11(7-10)21-8-13-14(24)22-16(26)23(15(13)25)9-12-5-2-6-27-12/h1-8,25H,9H2,(H,22,24,26). The molecule has 27 heavy (non-hydrogen) atoms. The van der Waals surface area contributed by atoms with E-state index in [1.54, 1.807) is 12.1 Å². The molecule has 0 unspecified atom stereocenters. The van der Waals surface area contributed by atoms with Crippen LogP contribution in [-0.4, -0.2) is 20.9 Å². The van der Waals surface area contributed by atoms with Crippen LogP contribution in [-0.2, 0) is 12.7 Å². The second-order valence-corrected chi connectivity index (χ2v) is 5.47. The predicted molar refractivity (Wildman–Crippen MR) is 89.5 cm³/mol. The van der Waals surface area contributed by atoms with Gasteiger partial charge in [0.1, 0.15) is 11.3 Å². The molecule has 10 heteroatoms. The Kier molecular flexibility index (Phi) is 4.72. The number of alkyl halides is 3. The number of aliphatic imine (C=N–C) groups is 1. The molecular weight excluding hydrogens is 367 g/mol. The second-order valence-electron chi connectivity index (χ2n) is 5.47. The highest BCUT2D eigenvalue weighted by molar-refractivity contribution is 5.84. The first-order valence-corrected chi connectivity index (χ1v) is 7.55. The zero-order valence-corrected chi connectivity index (χ0v) is 13.5. The molecule has 0 aliphatic heterocycles. The van der Waals surface area contributed by atoms with Gasteiger partial charge in [-0.2, -0.15) is 13.2 Å². The van der Waals surface area contributed by atoms with Gasteiger partial charge in [0, 0.05) is 6.21 Å². The number of rotatable bonds is 4. The molecule has 3 rings (SSSR count). The normalized spacial score (nSPS) is 12.0. The van der Waals surface area contributed by atoms with Crippen molar-refractivity contribution in [1.82, 2.24) is 9.55 Å². The van der Waals surface area contributed by atoms with Gasteiger partial charge in [0.25, 0.3) is 5.56 Å². The molecule has 2 heterocycles. The van der Waals surface area contributed by atoms with Crippen LogP contribution >= 0.6 is 0 Å². The summed E-state index contributed by atoms with van der Waals surface area (Å²) in [6.07, 6.45) is -2.28. The maximum Gasteiger partial charge on any atom is 0.416 e. The molecule has 0 spiro atoms. The lowest BCUT2D eigenvalue weighted by atomic mass is 10.2. The summed E-state index contributed by atoms with van der Waals surface area (Å²) in [6, 6.07) is 7.28.